The maximum atomic E-state index is 7.56. The molecule has 0 unspecified atom stereocenters. The maximum absolute atomic E-state index is 7.56. The normalized spacial score (nSPS) is 10.6. The van der Waals surface area contributed by atoms with Crippen LogP contribution in [-0.4, -0.2) is 30.1 Å². The molecule has 80 valence electrons. The smallest absolute Gasteiger partial charge is 0.319 e. The third-order valence-corrected chi connectivity index (χ3v) is 1.34. The van der Waals surface area contributed by atoms with E-state index < -0.39 is 6.72 Å². The van der Waals surface area contributed by atoms with Crippen molar-refractivity contribution >= 4 is 29.4 Å². The van der Waals surface area contributed by atoms with Crippen LogP contribution in [0.5, 0.6) is 0 Å². The van der Waals surface area contributed by atoms with Gasteiger partial charge in [0.25, 0.3) is 0 Å². The Hall–Kier alpha value is -0.980. The van der Waals surface area contributed by atoms with Crippen LogP contribution >= 0.6 is 6.72 Å². The second-order valence-corrected chi connectivity index (χ2v) is 5.00. The molecular weight excluding hydrogens is 237 g/mol. The molecule has 0 saturated carbocycles. The number of hydrogen-bond acceptors (Lipinski definition) is 4. The Morgan fingerprint density at radius 2 is 1.73 bits per heavy atom. The number of fused-ring (bicyclic) bond motifs is 1. The van der Waals surface area contributed by atoms with Gasteiger partial charge in [-0.1, -0.05) is 18.2 Å². The van der Waals surface area contributed by atoms with Crippen LogP contribution in [0.4, 0.5) is 0 Å². The van der Waals surface area contributed by atoms with Gasteiger partial charge in [-0.15, -0.1) is 10.2 Å². The minimum absolute atomic E-state index is 0.887. The molecule has 0 atom stereocenters. The molecule has 0 aliphatic rings. The highest BCUT2D eigenvalue weighted by molar-refractivity contribution is 8.06. The van der Waals surface area contributed by atoms with E-state index in [9.17, 15) is 0 Å². The molecule has 1 heterocycles. The second kappa shape index (κ2) is 5.20. The predicted molar refractivity (Wildman–Crippen MR) is 58.3 cm³/mol. The van der Waals surface area contributed by atoms with Crippen molar-refractivity contribution in [3.05, 3.63) is 30.5 Å². The molecule has 0 radical (unpaired) electrons. The molecule has 2 aromatic rings. The topological polar surface area (TPSA) is 99.4 Å². The van der Waals surface area contributed by atoms with Gasteiger partial charge in [0.05, 0.1) is 11.7 Å². The van der Waals surface area contributed by atoms with E-state index in [0.717, 1.165) is 10.9 Å². The summed E-state index contributed by atoms with van der Waals surface area (Å²) in [7, 11) is 0. The first-order valence-electron chi connectivity index (χ1n) is 3.78. The van der Waals surface area contributed by atoms with Crippen molar-refractivity contribution < 1.29 is 14.7 Å². The zero-order valence-corrected chi connectivity index (χ0v) is 9.14. The Labute approximate surface area is 90.5 Å². The summed E-state index contributed by atoms with van der Waals surface area (Å²) in [6.45, 7) is -3.81. The van der Waals surface area contributed by atoms with E-state index in [1.165, 1.54) is 0 Å². The van der Waals surface area contributed by atoms with E-state index in [0.29, 0.717) is 0 Å². The van der Waals surface area contributed by atoms with E-state index in [2.05, 4.69) is 27.2 Å². The lowest BCUT2D eigenvalue weighted by Crippen LogP contribution is -1.85. The average Bonchev–Trinajstić information content (AvgIpc) is 2.16. The van der Waals surface area contributed by atoms with Crippen molar-refractivity contribution in [2.24, 2.45) is 0 Å². The molecule has 0 spiro atoms. The molecule has 0 aliphatic heterocycles. The summed E-state index contributed by atoms with van der Waals surface area (Å²) in [5, 5.41) is 12.0. The highest BCUT2D eigenvalue weighted by Gasteiger charge is 1.92. The minimum atomic E-state index is -3.81. The van der Waals surface area contributed by atoms with Crippen LogP contribution in [0.3, 0.4) is 0 Å². The Bertz CT molecular complexity index is 416. The standard InChI is InChI=1S/C7H5N3.H3O3PS/c1-2-4-7-6(3-1)5-8-10-9-7;1-4(2,3)5/h1-5H;(H3,1,2,3,5). The summed E-state index contributed by atoms with van der Waals surface area (Å²) < 4.78 is 0. The van der Waals surface area contributed by atoms with Crippen LogP contribution in [0, 0.1) is 0 Å². The number of hydrogen-bond donors (Lipinski definition) is 3. The van der Waals surface area contributed by atoms with Gasteiger partial charge in [-0.2, -0.15) is 0 Å². The molecule has 0 aliphatic carbocycles. The quantitative estimate of drug-likeness (QED) is 0.570. The fourth-order valence-electron chi connectivity index (χ4n) is 0.850. The van der Waals surface area contributed by atoms with E-state index in [1.54, 1.807) is 6.20 Å². The number of aromatic nitrogens is 3. The summed E-state index contributed by atoms with van der Waals surface area (Å²) in [4.78, 5) is 22.7. The van der Waals surface area contributed by atoms with Gasteiger partial charge < -0.3 is 14.7 Å². The number of nitrogens with zero attached hydrogens (tertiary/aromatic N) is 3. The zero-order chi connectivity index (χ0) is 11.3. The molecule has 15 heavy (non-hydrogen) atoms. The zero-order valence-electron chi connectivity index (χ0n) is 7.43. The third-order valence-electron chi connectivity index (χ3n) is 1.34. The summed E-state index contributed by atoms with van der Waals surface area (Å²) in [6, 6.07) is 7.74. The first kappa shape index (κ1) is 12.1. The van der Waals surface area contributed by atoms with Crippen LogP contribution in [-0.2, 0) is 11.8 Å². The molecule has 1 aromatic heterocycles. The summed E-state index contributed by atoms with van der Waals surface area (Å²) >= 11 is 3.60. The van der Waals surface area contributed by atoms with E-state index in [-0.39, 0.29) is 0 Å². The van der Waals surface area contributed by atoms with Crippen molar-refractivity contribution in [2.45, 2.75) is 0 Å². The van der Waals surface area contributed by atoms with Gasteiger partial charge in [0, 0.05) is 5.39 Å². The maximum Gasteiger partial charge on any atom is 0.319 e. The fraction of sp³-hybridized carbons (Fsp3) is 0. The Morgan fingerprint density at radius 3 is 2.33 bits per heavy atom. The lowest BCUT2D eigenvalue weighted by Gasteiger charge is -1.89. The Morgan fingerprint density at radius 1 is 1.13 bits per heavy atom. The molecule has 8 heteroatoms. The van der Waals surface area contributed by atoms with E-state index in [4.69, 9.17) is 14.7 Å². The third kappa shape index (κ3) is 5.46. The SMILES string of the molecule is OP(O)(O)=S.c1ccc2nnncc2c1. The van der Waals surface area contributed by atoms with Crippen LogP contribution in [0.25, 0.3) is 10.9 Å². The fourth-order valence-corrected chi connectivity index (χ4v) is 0.850. The van der Waals surface area contributed by atoms with E-state index >= 15 is 0 Å². The monoisotopic (exact) mass is 245 g/mol. The number of benzene rings is 1. The van der Waals surface area contributed by atoms with Crippen molar-refractivity contribution in [1.82, 2.24) is 15.4 Å². The first-order chi connectivity index (χ1) is 6.97. The predicted octanol–water partition coefficient (Wildman–Crippen LogP) is 0.213. The molecule has 0 fully saturated rings. The van der Waals surface area contributed by atoms with Gasteiger partial charge in [-0.3, -0.25) is 0 Å². The molecule has 0 bridgehead atoms. The van der Waals surface area contributed by atoms with Gasteiger partial charge in [0.2, 0.25) is 0 Å². The molecular formula is C7H8N3O3PS. The highest BCUT2D eigenvalue weighted by Crippen LogP contribution is 2.26. The van der Waals surface area contributed by atoms with Gasteiger partial charge in [0.1, 0.15) is 0 Å². The van der Waals surface area contributed by atoms with Crippen molar-refractivity contribution in [3.8, 4) is 0 Å². The summed E-state index contributed by atoms with van der Waals surface area (Å²) in [5.74, 6) is 0. The second-order valence-electron chi connectivity index (χ2n) is 2.51. The summed E-state index contributed by atoms with van der Waals surface area (Å²) in [6.07, 6.45) is 1.70. The van der Waals surface area contributed by atoms with Crippen molar-refractivity contribution in [1.29, 1.82) is 0 Å². The van der Waals surface area contributed by atoms with Gasteiger partial charge in [-0.25, -0.2) is 0 Å². The first-order valence-corrected chi connectivity index (χ1v) is 6.44. The van der Waals surface area contributed by atoms with Crippen LogP contribution in [0.15, 0.2) is 30.5 Å². The van der Waals surface area contributed by atoms with E-state index in [1.807, 2.05) is 24.3 Å². The van der Waals surface area contributed by atoms with Crippen LogP contribution in [0.2, 0.25) is 0 Å². The molecule has 2 rings (SSSR count). The Kier molecular flexibility index (Phi) is 4.19. The van der Waals surface area contributed by atoms with Crippen LogP contribution in [0.1, 0.15) is 0 Å². The van der Waals surface area contributed by atoms with Gasteiger partial charge in [-0.05, 0) is 23.1 Å². The highest BCUT2D eigenvalue weighted by atomic mass is 32.5. The average molecular weight is 245 g/mol. The molecule has 1 aromatic carbocycles. The lowest BCUT2D eigenvalue weighted by atomic mass is 10.2. The van der Waals surface area contributed by atoms with Crippen LogP contribution < -0.4 is 0 Å². The van der Waals surface area contributed by atoms with Crippen molar-refractivity contribution in [2.75, 3.05) is 0 Å². The van der Waals surface area contributed by atoms with Crippen molar-refractivity contribution in [3.63, 3.8) is 0 Å². The molecule has 0 amide bonds. The Balaban J connectivity index is 0.000000195. The van der Waals surface area contributed by atoms with Gasteiger partial charge >= 0.3 is 6.72 Å². The summed E-state index contributed by atoms with van der Waals surface area (Å²) in [5.41, 5.74) is 0.887. The lowest BCUT2D eigenvalue weighted by molar-refractivity contribution is 0.363. The number of rotatable bonds is 0. The minimum Gasteiger partial charge on any atom is -0.325 e. The molecule has 6 nitrogen and oxygen atoms in total. The molecule has 3 N–H and O–H groups in total. The largest absolute Gasteiger partial charge is 0.325 e. The van der Waals surface area contributed by atoms with Gasteiger partial charge in [0.15, 0.2) is 0 Å². The molecule has 0 saturated heterocycles.